The summed E-state index contributed by atoms with van der Waals surface area (Å²) in [5.74, 6) is 0.505. The van der Waals surface area contributed by atoms with E-state index >= 15 is 13.7 Å². The van der Waals surface area contributed by atoms with Gasteiger partial charge in [0.15, 0.2) is 29.5 Å². The van der Waals surface area contributed by atoms with Crippen LogP contribution in [0.1, 0.15) is 82.0 Å². The molecule has 572 valence electrons. The number of phosphoric ester groups is 3. The molecule has 1 aliphatic carbocycles. The minimum atomic E-state index is -5.04. The maximum absolute atomic E-state index is 16.6. The Hall–Kier alpha value is -8.58. The third-order valence-corrected chi connectivity index (χ3v) is 22.9. The van der Waals surface area contributed by atoms with Crippen molar-refractivity contribution >= 4 is 40.4 Å². The number of hydrogen-bond donors (Lipinski definition) is 1. The number of hydrogen-bond acceptors (Lipinski definition) is 22. The summed E-state index contributed by atoms with van der Waals surface area (Å²) in [5, 5.41) is 3.61. The van der Waals surface area contributed by atoms with Crippen molar-refractivity contribution in [3.05, 3.63) is 336 Å². The van der Waals surface area contributed by atoms with E-state index in [1.807, 2.05) is 273 Å². The van der Waals surface area contributed by atoms with Gasteiger partial charge in [-0.15, -0.1) is 0 Å². The van der Waals surface area contributed by atoms with E-state index in [1.165, 1.54) is 6.33 Å². The fourth-order valence-electron chi connectivity index (χ4n) is 13.1. The average Bonchev–Trinajstić information content (AvgIpc) is 1.51. The van der Waals surface area contributed by atoms with Crippen LogP contribution in [0.3, 0.4) is 0 Å². The molecule has 0 bridgehead atoms. The molecule has 4 heterocycles. The standard InChI is InChI=1S/C84H88N5O18P3/c90-108(96-53-66-36-16-4-17-37-66,97-54-67-38-18-5-19-39-67)105-77-74(60-94-51-64-32-12-2-13-33-64)103-84(80(95-52-65-34-14-3-15-35-65)78(77)106-109(91,98-55-68-40-20-6-21-41-68)99-56-69-42-22-7-23-43-69)104-76-73(59-93-50-63-30-10-1-11-31-63)102-83(89-62-87-75-81(85-61-86-82(75)89)88-72-48-28-29-49-72)79(76)107-110(92,100-57-70-44-24-8-25-45-70)101-58-71-46-26-9-27-47-71/h1-27,30-47,61-62,72-74,76-80,83-84H,28-29,48-60H2,(H,85,86,88)/t73-,74-,76-,77-,78+,79-,80-,83-,84-/m1/s1. The fraction of sp³-hybridized carbons (Fsp3) is 0.298. The third kappa shape index (κ3) is 22.0. The number of aromatic nitrogens is 4. The highest BCUT2D eigenvalue weighted by molar-refractivity contribution is 7.49. The molecular formula is C84H88N5O18P3. The van der Waals surface area contributed by atoms with Gasteiger partial charge >= 0.3 is 23.5 Å². The minimum absolute atomic E-state index is 0.0282. The van der Waals surface area contributed by atoms with Crippen LogP contribution in [0, 0.1) is 0 Å². The van der Waals surface area contributed by atoms with E-state index in [0.29, 0.717) is 55.9 Å². The van der Waals surface area contributed by atoms with Gasteiger partial charge in [-0.1, -0.05) is 286 Å². The van der Waals surface area contributed by atoms with Crippen molar-refractivity contribution in [3.63, 3.8) is 0 Å². The summed E-state index contributed by atoms with van der Waals surface area (Å²) in [4.78, 5) is 14.5. The van der Waals surface area contributed by atoms with Gasteiger partial charge in [-0.2, -0.15) is 0 Å². The number of benzene rings is 9. The normalized spacial score (nSPS) is 20.5. The van der Waals surface area contributed by atoms with Crippen LogP contribution >= 0.6 is 23.5 Å². The van der Waals surface area contributed by atoms with E-state index in [2.05, 4.69) is 5.32 Å². The number of nitrogens with one attached hydrogen (secondary N) is 1. The van der Waals surface area contributed by atoms with Crippen LogP contribution in [0.15, 0.2) is 286 Å². The predicted octanol–water partition coefficient (Wildman–Crippen LogP) is 18.0. The van der Waals surface area contributed by atoms with Gasteiger partial charge in [0.25, 0.3) is 0 Å². The molecule has 3 aliphatic rings. The molecule has 26 heteroatoms. The van der Waals surface area contributed by atoms with Gasteiger partial charge in [-0.3, -0.25) is 45.3 Å². The molecule has 14 rings (SSSR count). The van der Waals surface area contributed by atoms with Crippen LogP contribution in [0.25, 0.3) is 11.2 Å². The van der Waals surface area contributed by atoms with Gasteiger partial charge in [0.2, 0.25) is 0 Å². The number of ether oxygens (including phenoxy) is 6. The van der Waals surface area contributed by atoms with Gasteiger partial charge in [0, 0.05) is 6.04 Å². The molecule has 0 spiro atoms. The lowest BCUT2D eigenvalue weighted by molar-refractivity contribution is -0.325. The molecule has 11 aromatic rings. The molecule has 0 radical (unpaired) electrons. The lowest BCUT2D eigenvalue weighted by Crippen LogP contribution is -2.62. The number of rotatable bonds is 40. The van der Waals surface area contributed by atoms with Gasteiger partial charge in [0.1, 0.15) is 49.1 Å². The largest absolute Gasteiger partial charge is 0.475 e. The molecular weight excluding hydrogens is 1460 g/mol. The Morgan fingerprint density at radius 1 is 0.364 bits per heavy atom. The van der Waals surface area contributed by atoms with E-state index in [0.717, 1.165) is 36.8 Å². The lowest BCUT2D eigenvalue weighted by atomic mass is 9.98. The van der Waals surface area contributed by atoms with Crippen LogP contribution in [-0.2, 0) is 142 Å². The van der Waals surface area contributed by atoms with E-state index in [4.69, 9.17) is 84.1 Å². The first-order valence-electron chi connectivity index (χ1n) is 36.8. The Kier molecular flexibility index (Phi) is 27.7. The summed E-state index contributed by atoms with van der Waals surface area (Å²) in [7, 11) is -14.9. The summed E-state index contributed by atoms with van der Waals surface area (Å²) < 4.78 is 154. The second-order valence-corrected chi connectivity index (χ2v) is 31.6. The summed E-state index contributed by atoms with van der Waals surface area (Å²) in [6.45, 7) is -2.17. The molecule has 2 saturated heterocycles. The second kappa shape index (κ2) is 39.1. The highest BCUT2D eigenvalue weighted by atomic mass is 31.2. The summed E-state index contributed by atoms with van der Waals surface area (Å²) in [6.07, 6.45) is -7.04. The maximum Gasteiger partial charge on any atom is 0.475 e. The van der Waals surface area contributed by atoms with E-state index in [-0.39, 0.29) is 78.7 Å². The quantitative estimate of drug-likeness (QED) is 0.0351. The van der Waals surface area contributed by atoms with Crippen molar-refractivity contribution < 1.29 is 82.8 Å². The maximum atomic E-state index is 16.6. The summed E-state index contributed by atoms with van der Waals surface area (Å²) in [6, 6.07) is 83.4. The third-order valence-electron chi connectivity index (χ3n) is 18.7. The Balaban J connectivity index is 0.935. The molecule has 2 aliphatic heterocycles. The molecule has 23 nitrogen and oxygen atoms in total. The predicted molar refractivity (Wildman–Crippen MR) is 411 cm³/mol. The highest BCUT2D eigenvalue weighted by Crippen LogP contribution is 2.60. The van der Waals surface area contributed by atoms with Crippen LogP contribution < -0.4 is 5.32 Å². The van der Waals surface area contributed by atoms with Gasteiger partial charge < -0.3 is 33.7 Å². The molecule has 9 aromatic carbocycles. The van der Waals surface area contributed by atoms with E-state index < -0.39 is 78.7 Å². The number of imidazole rings is 1. The molecule has 110 heavy (non-hydrogen) atoms. The molecule has 3 fully saturated rings. The minimum Gasteiger partial charge on any atom is -0.374 e. The summed E-state index contributed by atoms with van der Waals surface area (Å²) >= 11 is 0. The SMILES string of the molecule is O=P(OCc1ccccc1)(OCc1ccccc1)O[C@@H]1[C@@H](OCc2ccccc2)[C@@H](O[C@H]2[C@@H](OP(=O)(OCc3ccccc3)OCc3ccccc3)[C@H](n3cnc4c(NC5CCCC5)ncnc43)O[C@@H]2COCc2ccccc2)O[C@H](COCc2ccccc2)[C@H]1OP(=O)(OCc1ccccc1)OCc1ccccc1. The van der Waals surface area contributed by atoms with Crippen LogP contribution in [0.2, 0.25) is 0 Å². The van der Waals surface area contributed by atoms with Crippen molar-refractivity contribution in [2.24, 2.45) is 0 Å². The number of fused-ring (bicyclic) bond motifs is 1. The van der Waals surface area contributed by atoms with Crippen LogP contribution in [0.4, 0.5) is 5.82 Å². The van der Waals surface area contributed by atoms with Crippen LogP contribution in [0.5, 0.6) is 0 Å². The Bertz CT molecular complexity index is 4570. The highest BCUT2D eigenvalue weighted by Gasteiger charge is 2.59. The summed E-state index contributed by atoms with van der Waals surface area (Å²) in [5.41, 5.74) is 6.89. The van der Waals surface area contributed by atoms with Crippen LogP contribution in [-0.4, -0.2) is 87.8 Å². The van der Waals surface area contributed by atoms with E-state index in [1.54, 1.807) is 10.9 Å². The van der Waals surface area contributed by atoms with Crippen molar-refractivity contribution in [1.29, 1.82) is 0 Å². The number of anilines is 1. The number of nitrogens with zero attached hydrogens (tertiary/aromatic N) is 4. The van der Waals surface area contributed by atoms with Crippen molar-refractivity contribution in [1.82, 2.24) is 19.5 Å². The van der Waals surface area contributed by atoms with Gasteiger partial charge in [-0.05, 0) is 62.9 Å². The first kappa shape index (κ1) is 78.1. The molecule has 9 atom stereocenters. The Labute approximate surface area is 640 Å². The fourth-order valence-corrected chi connectivity index (χ4v) is 17.1. The van der Waals surface area contributed by atoms with Gasteiger partial charge in [0.05, 0.1) is 79.0 Å². The second-order valence-electron chi connectivity index (χ2n) is 26.7. The molecule has 1 N–H and O–H groups in total. The van der Waals surface area contributed by atoms with Crippen molar-refractivity contribution in [2.45, 2.75) is 146 Å². The molecule has 1 saturated carbocycles. The zero-order chi connectivity index (χ0) is 75.1. The first-order chi connectivity index (χ1) is 54.0. The zero-order valence-electron chi connectivity index (χ0n) is 60.5. The molecule has 0 amide bonds. The van der Waals surface area contributed by atoms with Gasteiger partial charge in [-0.25, -0.2) is 28.6 Å². The molecule has 0 unspecified atom stereocenters. The first-order valence-corrected chi connectivity index (χ1v) is 41.2. The van der Waals surface area contributed by atoms with Crippen molar-refractivity contribution in [2.75, 3.05) is 18.5 Å². The monoisotopic (exact) mass is 1550 g/mol. The zero-order valence-corrected chi connectivity index (χ0v) is 63.2. The Morgan fingerprint density at radius 3 is 1.08 bits per heavy atom. The Morgan fingerprint density at radius 2 is 0.700 bits per heavy atom. The topological polar surface area (TPSA) is 245 Å². The average molecular weight is 1550 g/mol. The smallest absolute Gasteiger partial charge is 0.374 e. The van der Waals surface area contributed by atoms with Crippen molar-refractivity contribution in [3.8, 4) is 0 Å². The molecule has 2 aromatic heterocycles. The van der Waals surface area contributed by atoms with E-state index in [9.17, 15) is 0 Å². The lowest BCUT2D eigenvalue weighted by Gasteiger charge is -2.47. The number of phosphoric acid groups is 3.